The van der Waals surface area contributed by atoms with Crippen LogP contribution in [0.1, 0.15) is 18.9 Å². The second kappa shape index (κ2) is 4.12. The van der Waals surface area contributed by atoms with Crippen LogP contribution in [0.3, 0.4) is 0 Å². The predicted molar refractivity (Wildman–Crippen MR) is 55.5 cm³/mol. The molecule has 3 heteroatoms. The fraction of sp³-hybridized carbons (Fsp3) is 0.364. The highest BCUT2D eigenvalue weighted by Crippen LogP contribution is 2.30. The third-order valence-corrected chi connectivity index (χ3v) is 2.41. The van der Waals surface area contributed by atoms with E-state index in [0.29, 0.717) is 12.1 Å². The third-order valence-electron chi connectivity index (χ3n) is 2.41. The molecule has 0 fully saturated rings. The van der Waals surface area contributed by atoms with Crippen LogP contribution >= 0.6 is 0 Å². The lowest BCUT2D eigenvalue weighted by Gasteiger charge is -2.22. The van der Waals surface area contributed by atoms with Gasteiger partial charge in [-0.1, -0.05) is 18.2 Å². The van der Waals surface area contributed by atoms with E-state index >= 15 is 0 Å². The Morgan fingerprint density at radius 3 is 2.64 bits per heavy atom. The van der Waals surface area contributed by atoms with Crippen molar-refractivity contribution in [2.45, 2.75) is 18.8 Å². The van der Waals surface area contributed by atoms with Crippen molar-refractivity contribution < 1.29 is 5.11 Å². The monoisotopic (exact) mass is 190 g/mol. The summed E-state index contributed by atoms with van der Waals surface area (Å²) in [6.07, 6.45) is 0.401. The molecule has 1 atom stereocenters. The van der Waals surface area contributed by atoms with Crippen molar-refractivity contribution in [2.24, 2.45) is 0 Å². The van der Waals surface area contributed by atoms with Crippen molar-refractivity contribution in [3.8, 4) is 6.07 Å². The van der Waals surface area contributed by atoms with E-state index in [2.05, 4.69) is 6.07 Å². The minimum atomic E-state index is -0.694. The number of aliphatic hydroxyl groups is 1. The minimum absolute atomic E-state index is 0.0155. The molecule has 0 spiro atoms. The molecule has 1 unspecified atom stereocenters. The summed E-state index contributed by atoms with van der Waals surface area (Å²) >= 11 is 0. The van der Waals surface area contributed by atoms with Gasteiger partial charge in [0, 0.05) is 12.3 Å². The zero-order valence-electron chi connectivity index (χ0n) is 8.20. The molecule has 0 aliphatic heterocycles. The summed E-state index contributed by atoms with van der Waals surface area (Å²) in [5.41, 5.74) is 6.48. The van der Waals surface area contributed by atoms with Crippen LogP contribution in [0.5, 0.6) is 0 Å². The van der Waals surface area contributed by atoms with E-state index in [-0.39, 0.29) is 6.61 Å². The van der Waals surface area contributed by atoms with Gasteiger partial charge in [-0.15, -0.1) is 0 Å². The Morgan fingerprint density at radius 2 is 2.14 bits per heavy atom. The maximum Gasteiger partial charge on any atom is 0.0835 e. The Kier molecular flexibility index (Phi) is 3.10. The molecule has 0 heterocycles. The van der Waals surface area contributed by atoms with Crippen LogP contribution in [0.2, 0.25) is 0 Å². The summed E-state index contributed by atoms with van der Waals surface area (Å²) in [6, 6.07) is 9.47. The number of hydrogen-bond donors (Lipinski definition) is 2. The molecule has 0 bridgehead atoms. The van der Waals surface area contributed by atoms with Gasteiger partial charge in [0.1, 0.15) is 0 Å². The van der Waals surface area contributed by atoms with Crippen LogP contribution < -0.4 is 5.73 Å². The number of anilines is 1. The number of para-hydroxylation sites is 1. The van der Waals surface area contributed by atoms with E-state index < -0.39 is 5.41 Å². The summed E-state index contributed by atoms with van der Waals surface area (Å²) in [5.74, 6) is 0. The largest absolute Gasteiger partial charge is 0.398 e. The first kappa shape index (κ1) is 10.6. The van der Waals surface area contributed by atoms with Gasteiger partial charge in [-0.2, -0.15) is 5.26 Å². The summed E-state index contributed by atoms with van der Waals surface area (Å²) in [5, 5.41) is 18.0. The number of nitrogens with two attached hydrogens (primary N) is 1. The highest BCUT2D eigenvalue weighted by atomic mass is 16.3. The topological polar surface area (TPSA) is 70.0 Å². The lowest BCUT2D eigenvalue weighted by molar-refractivity contribution is 0.264. The number of nitrogens with zero attached hydrogens (tertiary/aromatic N) is 1. The smallest absolute Gasteiger partial charge is 0.0835 e. The molecular weight excluding hydrogens is 176 g/mol. The highest BCUT2D eigenvalue weighted by molar-refractivity contribution is 5.52. The minimum Gasteiger partial charge on any atom is -0.398 e. The zero-order valence-corrected chi connectivity index (χ0v) is 8.20. The van der Waals surface area contributed by atoms with Crippen LogP contribution in [0, 0.1) is 11.3 Å². The molecule has 0 aliphatic carbocycles. The number of nitriles is 1. The van der Waals surface area contributed by atoms with E-state index in [9.17, 15) is 0 Å². The Labute approximate surface area is 83.8 Å². The van der Waals surface area contributed by atoms with Crippen molar-refractivity contribution >= 4 is 5.69 Å². The van der Waals surface area contributed by atoms with Gasteiger partial charge in [-0.05, 0) is 25.0 Å². The maximum atomic E-state index is 9.08. The quantitative estimate of drug-likeness (QED) is 0.708. The molecule has 0 aromatic heterocycles. The molecular formula is C11H14N2O. The number of rotatable bonds is 3. The molecule has 0 aliphatic rings. The molecule has 0 saturated heterocycles. The van der Waals surface area contributed by atoms with Crippen LogP contribution in [0.4, 0.5) is 5.69 Å². The van der Waals surface area contributed by atoms with E-state index in [1.807, 2.05) is 18.2 Å². The summed E-state index contributed by atoms with van der Waals surface area (Å²) in [7, 11) is 0. The second-order valence-corrected chi connectivity index (χ2v) is 3.50. The predicted octanol–water partition coefficient (Wildman–Crippen LogP) is 1.43. The van der Waals surface area contributed by atoms with E-state index in [1.54, 1.807) is 13.0 Å². The van der Waals surface area contributed by atoms with Gasteiger partial charge in [0.25, 0.3) is 0 Å². The van der Waals surface area contributed by atoms with Crippen LogP contribution in [-0.4, -0.2) is 11.7 Å². The first-order valence-electron chi connectivity index (χ1n) is 4.51. The lowest BCUT2D eigenvalue weighted by atomic mass is 9.80. The number of nitrogen functional groups attached to an aromatic ring is 1. The number of aliphatic hydroxyl groups excluding tert-OH is 1. The fourth-order valence-electron chi connectivity index (χ4n) is 1.47. The molecule has 3 N–H and O–H groups in total. The van der Waals surface area contributed by atoms with Gasteiger partial charge in [0.05, 0.1) is 11.5 Å². The number of hydrogen-bond acceptors (Lipinski definition) is 3. The van der Waals surface area contributed by atoms with Gasteiger partial charge >= 0.3 is 0 Å². The molecule has 3 nitrogen and oxygen atoms in total. The number of benzene rings is 1. The summed E-state index contributed by atoms with van der Waals surface area (Å²) < 4.78 is 0. The van der Waals surface area contributed by atoms with Gasteiger partial charge in [-0.25, -0.2) is 0 Å². The maximum absolute atomic E-state index is 9.08. The SMILES string of the molecule is CC(C#N)(CCO)c1ccccc1N. The highest BCUT2D eigenvalue weighted by Gasteiger charge is 2.27. The van der Waals surface area contributed by atoms with Crippen molar-refractivity contribution in [3.05, 3.63) is 29.8 Å². The Balaban J connectivity index is 3.14. The first-order chi connectivity index (χ1) is 6.64. The Bertz CT molecular complexity index is 357. The van der Waals surface area contributed by atoms with Crippen LogP contribution in [-0.2, 0) is 5.41 Å². The normalized spacial score (nSPS) is 14.4. The molecule has 0 amide bonds. The van der Waals surface area contributed by atoms with E-state index in [1.165, 1.54) is 0 Å². The van der Waals surface area contributed by atoms with E-state index in [0.717, 1.165) is 5.56 Å². The van der Waals surface area contributed by atoms with Gasteiger partial charge in [-0.3, -0.25) is 0 Å². The van der Waals surface area contributed by atoms with Crippen LogP contribution in [0.15, 0.2) is 24.3 Å². The van der Waals surface area contributed by atoms with E-state index in [4.69, 9.17) is 16.1 Å². The summed E-state index contributed by atoms with van der Waals surface area (Å²) in [6.45, 7) is 1.77. The van der Waals surface area contributed by atoms with Crippen molar-refractivity contribution in [1.29, 1.82) is 5.26 Å². The summed E-state index contributed by atoms with van der Waals surface area (Å²) in [4.78, 5) is 0. The fourth-order valence-corrected chi connectivity index (χ4v) is 1.47. The van der Waals surface area contributed by atoms with Gasteiger partial charge in [0.15, 0.2) is 0 Å². The second-order valence-electron chi connectivity index (χ2n) is 3.50. The van der Waals surface area contributed by atoms with Crippen molar-refractivity contribution in [2.75, 3.05) is 12.3 Å². The molecule has 1 aromatic rings. The zero-order chi connectivity index (χ0) is 10.6. The van der Waals surface area contributed by atoms with Crippen molar-refractivity contribution in [1.82, 2.24) is 0 Å². The first-order valence-corrected chi connectivity index (χ1v) is 4.51. The third kappa shape index (κ3) is 1.86. The molecule has 1 aromatic carbocycles. The Hall–Kier alpha value is -1.53. The molecule has 0 radical (unpaired) electrons. The van der Waals surface area contributed by atoms with Gasteiger partial charge < -0.3 is 10.8 Å². The van der Waals surface area contributed by atoms with Gasteiger partial charge in [0.2, 0.25) is 0 Å². The van der Waals surface area contributed by atoms with Crippen molar-refractivity contribution in [3.63, 3.8) is 0 Å². The average molecular weight is 190 g/mol. The average Bonchev–Trinajstić information content (AvgIpc) is 2.18. The molecule has 74 valence electrons. The van der Waals surface area contributed by atoms with Crippen LogP contribution in [0.25, 0.3) is 0 Å². The molecule has 1 rings (SSSR count). The molecule has 14 heavy (non-hydrogen) atoms. The molecule has 0 saturated carbocycles. The standard InChI is InChI=1S/C11H14N2O/c1-11(8-12,6-7-14)9-4-2-3-5-10(9)13/h2-5,14H,6-7,13H2,1H3. The Morgan fingerprint density at radius 1 is 1.50 bits per heavy atom. The lowest BCUT2D eigenvalue weighted by Crippen LogP contribution is -2.22.